The van der Waals surface area contributed by atoms with E-state index in [4.69, 9.17) is 0 Å². The van der Waals surface area contributed by atoms with Gasteiger partial charge in [-0.05, 0) is 22.4 Å². The Bertz CT molecular complexity index is 368. The first-order valence-corrected chi connectivity index (χ1v) is 6.07. The third kappa shape index (κ3) is 5.99. The summed E-state index contributed by atoms with van der Waals surface area (Å²) in [4.78, 5) is 11.0. The van der Waals surface area contributed by atoms with Gasteiger partial charge in [-0.3, -0.25) is 4.79 Å². The zero-order chi connectivity index (χ0) is 13.6. The highest BCUT2D eigenvalue weighted by atomic mass is 32.1. The second kappa shape index (κ2) is 6.72. The quantitative estimate of drug-likeness (QED) is 0.731. The summed E-state index contributed by atoms with van der Waals surface area (Å²) in [6.07, 6.45) is -5.18. The van der Waals surface area contributed by atoms with Crippen LogP contribution in [0.4, 0.5) is 13.2 Å². The lowest BCUT2D eigenvalue weighted by atomic mass is 10.2. The zero-order valence-electron chi connectivity index (χ0n) is 9.33. The van der Waals surface area contributed by atoms with Crippen molar-refractivity contribution in [3.63, 3.8) is 0 Å². The second-order valence-electron chi connectivity index (χ2n) is 3.60. The number of thiophene rings is 1. The first-order chi connectivity index (χ1) is 8.38. The molecule has 0 aliphatic carbocycles. The van der Waals surface area contributed by atoms with Crippen LogP contribution in [0.25, 0.3) is 0 Å². The van der Waals surface area contributed by atoms with E-state index in [9.17, 15) is 23.1 Å². The van der Waals surface area contributed by atoms with Crippen LogP contribution < -0.4 is 10.6 Å². The summed E-state index contributed by atoms with van der Waals surface area (Å²) in [6, 6.07) is 1.74. The predicted molar refractivity (Wildman–Crippen MR) is 61.2 cm³/mol. The smallest absolute Gasteiger partial charge is 0.387 e. The highest BCUT2D eigenvalue weighted by molar-refractivity contribution is 7.07. The Morgan fingerprint density at radius 2 is 2.22 bits per heavy atom. The molecule has 0 saturated carbocycles. The van der Waals surface area contributed by atoms with Crippen molar-refractivity contribution in [1.29, 1.82) is 0 Å². The summed E-state index contributed by atoms with van der Waals surface area (Å²) in [7, 11) is 0. The van der Waals surface area contributed by atoms with E-state index in [-0.39, 0.29) is 13.1 Å². The second-order valence-corrected chi connectivity index (χ2v) is 4.38. The minimum atomic E-state index is -4.41. The monoisotopic (exact) mass is 282 g/mol. The van der Waals surface area contributed by atoms with Crippen LogP contribution in [0.1, 0.15) is 11.7 Å². The Morgan fingerprint density at radius 1 is 1.50 bits per heavy atom. The summed E-state index contributed by atoms with van der Waals surface area (Å²) >= 11 is 1.43. The Labute approximate surface area is 106 Å². The highest BCUT2D eigenvalue weighted by Crippen LogP contribution is 2.15. The van der Waals surface area contributed by atoms with Gasteiger partial charge in [0.1, 0.15) is 6.54 Å². The fourth-order valence-corrected chi connectivity index (χ4v) is 1.87. The summed E-state index contributed by atoms with van der Waals surface area (Å²) < 4.78 is 35.3. The number of carbonyl (C=O) groups excluding carboxylic acids is 1. The maximum absolute atomic E-state index is 11.8. The number of hydrogen-bond donors (Lipinski definition) is 3. The molecule has 3 N–H and O–H groups in total. The average Bonchev–Trinajstić information content (AvgIpc) is 2.78. The van der Waals surface area contributed by atoms with Crippen LogP contribution in [-0.2, 0) is 4.79 Å². The van der Waals surface area contributed by atoms with Gasteiger partial charge in [-0.15, -0.1) is 0 Å². The lowest BCUT2D eigenvalue weighted by Crippen LogP contribution is -2.40. The molecule has 0 aliphatic rings. The number of rotatable bonds is 6. The molecule has 1 amide bonds. The summed E-state index contributed by atoms with van der Waals surface area (Å²) in [5, 5.41) is 17.5. The molecule has 0 bridgehead atoms. The van der Waals surface area contributed by atoms with E-state index in [1.807, 2.05) is 0 Å². The van der Waals surface area contributed by atoms with E-state index in [0.717, 1.165) is 0 Å². The maximum Gasteiger partial charge on any atom is 0.405 e. The van der Waals surface area contributed by atoms with Crippen LogP contribution >= 0.6 is 11.3 Å². The van der Waals surface area contributed by atoms with Gasteiger partial charge >= 0.3 is 6.18 Å². The van der Waals surface area contributed by atoms with E-state index in [0.29, 0.717) is 5.56 Å². The molecule has 1 aromatic rings. The number of alkyl halides is 3. The molecule has 0 aliphatic heterocycles. The van der Waals surface area contributed by atoms with Gasteiger partial charge in [-0.1, -0.05) is 0 Å². The van der Waals surface area contributed by atoms with Gasteiger partial charge in [0.25, 0.3) is 0 Å². The molecule has 102 valence electrons. The van der Waals surface area contributed by atoms with Gasteiger partial charge in [0.05, 0.1) is 12.6 Å². The number of nitrogens with one attached hydrogen (secondary N) is 2. The number of aliphatic hydroxyl groups is 1. The molecule has 8 heteroatoms. The lowest BCUT2D eigenvalue weighted by Gasteiger charge is -2.11. The zero-order valence-corrected chi connectivity index (χ0v) is 10.1. The van der Waals surface area contributed by atoms with E-state index in [1.54, 1.807) is 22.1 Å². The first-order valence-electron chi connectivity index (χ1n) is 5.13. The topological polar surface area (TPSA) is 61.4 Å². The van der Waals surface area contributed by atoms with Crippen molar-refractivity contribution < 1.29 is 23.1 Å². The van der Waals surface area contributed by atoms with Crippen LogP contribution in [0.3, 0.4) is 0 Å². The molecule has 1 heterocycles. The van der Waals surface area contributed by atoms with Gasteiger partial charge in [0.15, 0.2) is 0 Å². The fraction of sp³-hybridized carbons (Fsp3) is 0.500. The van der Waals surface area contributed by atoms with Crippen molar-refractivity contribution in [3.8, 4) is 0 Å². The molecule has 0 aromatic carbocycles. The molecule has 0 saturated heterocycles. The van der Waals surface area contributed by atoms with Crippen molar-refractivity contribution in [3.05, 3.63) is 22.4 Å². The summed E-state index contributed by atoms with van der Waals surface area (Å²) in [6.45, 7) is -1.51. The van der Waals surface area contributed by atoms with Gasteiger partial charge in [-0.2, -0.15) is 24.5 Å². The minimum absolute atomic E-state index is 0.107. The van der Waals surface area contributed by atoms with Crippen LogP contribution in [0, 0.1) is 0 Å². The number of halogens is 3. The number of carbonyl (C=O) groups is 1. The molecular weight excluding hydrogens is 269 g/mol. The summed E-state index contributed by atoms with van der Waals surface area (Å²) in [5.41, 5.74) is 0.711. The van der Waals surface area contributed by atoms with Gasteiger partial charge in [0.2, 0.25) is 5.91 Å². The normalized spacial score (nSPS) is 13.3. The van der Waals surface area contributed by atoms with Crippen LogP contribution in [0.15, 0.2) is 16.8 Å². The number of hydrogen-bond acceptors (Lipinski definition) is 4. The average molecular weight is 282 g/mol. The SMILES string of the molecule is O=C(CNCC(O)c1ccsc1)NCC(F)(F)F. The maximum atomic E-state index is 11.8. The minimum Gasteiger partial charge on any atom is -0.387 e. The molecule has 4 nitrogen and oxygen atoms in total. The molecule has 1 aromatic heterocycles. The number of amides is 1. The van der Waals surface area contributed by atoms with Crippen molar-refractivity contribution >= 4 is 17.2 Å². The van der Waals surface area contributed by atoms with Gasteiger partial charge in [0, 0.05) is 6.54 Å². The Hall–Kier alpha value is -1.12. The van der Waals surface area contributed by atoms with Crippen LogP contribution in [-0.4, -0.2) is 36.8 Å². The van der Waals surface area contributed by atoms with E-state index < -0.39 is 24.7 Å². The Balaban J connectivity index is 2.16. The summed E-state index contributed by atoms with van der Waals surface area (Å²) in [5.74, 6) is -0.759. The lowest BCUT2D eigenvalue weighted by molar-refractivity contribution is -0.137. The highest BCUT2D eigenvalue weighted by Gasteiger charge is 2.27. The fourth-order valence-electron chi connectivity index (χ4n) is 1.17. The molecule has 1 rings (SSSR count). The molecule has 0 spiro atoms. The standard InChI is InChI=1S/C10H13F3N2O2S/c11-10(12,13)6-15-9(17)4-14-3-8(16)7-1-2-18-5-7/h1-2,5,8,14,16H,3-4,6H2,(H,15,17). The number of aliphatic hydroxyl groups excluding tert-OH is 1. The molecule has 1 atom stereocenters. The van der Waals surface area contributed by atoms with E-state index in [1.165, 1.54) is 11.3 Å². The van der Waals surface area contributed by atoms with E-state index >= 15 is 0 Å². The van der Waals surface area contributed by atoms with Crippen molar-refractivity contribution in [2.45, 2.75) is 12.3 Å². The van der Waals surface area contributed by atoms with E-state index in [2.05, 4.69) is 5.32 Å². The largest absolute Gasteiger partial charge is 0.405 e. The molecular formula is C10H13F3N2O2S. The Morgan fingerprint density at radius 3 is 2.78 bits per heavy atom. The molecule has 1 unspecified atom stereocenters. The van der Waals surface area contributed by atoms with Crippen molar-refractivity contribution in [1.82, 2.24) is 10.6 Å². The predicted octanol–water partition coefficient (Wildman–Crippen LogP) is 1.05. The third-order valence-corrected chi connectivity index (χ3v) is 2.74. The van der Waals surface area contributed by atoms with Crippen LogP contribution in [0.2, 0.25) is 0 Å². The van der Waals surface area contributed by atoms with Crippen molar-refractivity contribution in [2.75, 3.05) is 19.6 Å². The van der Waals surface area contributed by atoms with Gasteiger partial charge < -0.3 is 15.7 Å². The third-order valence-electron chi connectivity index (χ3n) is 2.04. The Kier molecular flexibility index (Phi) is 5.57. The molecule has 0 radical (unpaired) electrons. The van der Waals surface area contributed by atoms with Gasteiger partial charge in [-0.25, -0.2) is 0 Å². The van der Waals surface area contributed by atoms with Crippen molar-refractivity contribution in [2.24, 2.45) is 0 Å². The molecule has 0 fully saturated rings. The first kappa shape index (κ1) is 14.9. The molecule has 18 heavy (non-hydrogen) atoms. The van der Waals surface area contributed by atoms with Crippen LogP contribution in [0.5, 0.6) is 0 Å².